The summed E-state index contributed by atoms with van der Waals surface area (Å²) in [7, 11) is -2.86. The number of halogens is 6. The molecule has 2 heterocycles. The lowest BCUT2D eigenvalue weighted by Gasteiger charge is -2.22. The van der Waals surface area contributed by atoms with E-state index in [2.05, 4.69) is 19.1 Å². The first-order chi connectivity index (χ1) is 17.0. The second-order valence-electron chi connectivity index (χ2n) is 10.2. The Balaban J connectivity index is 0.000000380. The molecule has 1 N–H and O–H groups in total. The topological polar surface area (TPSA) is 84.3 Å². The fourth-order valence-electron chi connectivity index (χ4n) is 2.40. The summed E-state index contributed by atoms with van der Waals surface area (Å²) in [4.78, 5) is 6.56. The molecular weight excluding hydrogens is 554 g/mol. The number of hydrogen-bond acceptors (Lipinski definition) is 4. The fraction of sp³-hybridized carbons (Fsp3) is 0.542. The third-order valence-corrected chi connectivity index (χ3v) is 7.79. The zero-order valence-electron chi connectivity index (χ0n) is 22.3. The first-order valence-electron chi connectivity index (χ1n) is 11.3. The van der Waals surface area contributed by atoms with E-state index in [1.165, 1.54) is 19.1 Å². The summed E-state index contributed by atoms with van der Waals surface area (Å²) in [5.74, 6) is 0. The summed E-state index contributed by atoms with van der Waals surface area (Å²) >= 11 is 0. The van der Waals surface area contributed by atoms with Crippen LogP contribution in [-0.4, -0.2) is 33.6 Å². The van der Waals surface area contributed by atoms with Crippen LogP contribution >= 0.6 is 0 Å². The van der Waals surface area contributed by atoms with Gasteiger partial charge in [-0.3, -0.25) is 9.97 Å². The largest absolute Gasteiger partial charge is 0.433 e. The minimum absolute atomic E-state index is 0.264. The molecule has 1 unspecified atom stereocenters. The lowest BCUT2D eigenvalue weighted by molar-refractivity contribution is -0.142. The molecule has 214 valence electrons. The average Bonchev–Trinajstić information content (AvgIpc) is 2.77. The Morgan fingerprint density at radius 2 is 1.32 bits per heavy atom. The number of nitrogens with one attached hydrogen (secondary N) is 1. The first-order valence-corrected chi connectivity index (χ1v) is 13.5. The zero-order chi connectivity index (χ0) is 29.7. The molecule has 3 atom stereocenters. The zero-order valence-corrected chi connectivity index (χ0v) is 23.9. The second-order valence-corrected chi connectivity index (χ2v) is 14.1. The Labute approximate surface area is 224 Å². The highest BCUT2D eigenvalue weighted by molar-refractivity contribution is 7.85. The Kier molecular flexibility index (Phi) is 11.4. The molecule has 0 saturated heterocycles. The van der Waals surface area contributed by atoms with Crippen molar-refractivity contribution in [3.63, 3.8) is 0 Å². The molecule has 0 spiro atoms. The van der Waals surface area contributed by atoms with Gasteiger partial charge in [-0.2, -0.15) is 30.7 Å². The molecule has 0 aliphatic carbocycles. The maximum Gasteiger partial charge on any atom is 0.433 e. The van der Waals surface area contributed by atoms with Gasteiger partial charge in [-0.05, 0) is 85.2 Å². The maximum absolute atomic E-state index is 12.5. The fourth-order valence-corrected chi connectivity index (χ4v) is 3.84. The summed E-state index contributed by atoms with van der Waals surface area (Å²) in [6.07, 6.45) is -6.80. The van der Waals surface area contributed by atoms with Gasteiger partial charge in [-0.1, -0.05) is 0 Å². The number of rotatable bonds is 5. The molecule has 38 heavy (non-hydrogen) atoms. The molecule has 0 fully saturated rings. The van der Waals surface area contributed by atoms with Crippen LogP contribution in [0.15, 0.2) is 41.1 Å². The minimum Gasteiger partial charge on any atom is -0.252 e. The number of aromatic nitrogens is 2. The van der Waals surface area contributed by atoms with E-state index in [9.17, 15) is 34.8 Å². The van der Waals surface area contributed by atoms with Crippen molar-refractivity contribution in [1.82, 2.24) is 14.7 Å². The predicted molar refractivity (Wildman–Crippen MR) is 138 cm³/mol. The van der Waals surface area contributed by atoms with E-state index >= 15 is 0 Å². The van der Waals surface area contributed by atoms with Crippen molar-refractivity contribution in [2.45, 2.75) is 83.3 Å². The van der Waals surface area contributed by atoms with Crippen molar-refractivity contribution in [3.05, 3.63) is 59.2 Å². The Bertz CT molecular complexity index is 1170. The van der Waals surface area contributed by atoms with Crippen LogP contribution in [0.5, 0.6) is 0 Å². The minimum atomic E-state index is -4.50. The molecule has 2 aromatic rings. The van der Waals surface area contributed by atoms with Crippen LogP contribution in [0.3, 0.4) is 0 Å². The van der Waals surface area contributed by atoms with Gasteiger partial charge in [-0.25, -0.2) is 13.1 Å². The summed E-state index contributed by atoms with van der Waals surface area (Å²) in [6.45, 7) is 13.8. The van der Waals surface area contributed by atoms with Crippen LogP contribution in [0.2, 0.25) is 0 Å². The smallest absolute Gasteiger partial charge is 0.252 e. The average molecular weight is 587 g/mol. The molecule has 2 rings (SSSR count). The lowest BCUT2D eigenvalue weighted by atomic mass is 10.1. The monoisotopic (exact) mass is 586 g/mol. The quantitative estimate of drug-likeness (QED) is 0.317. The van der Waals surface area contributed by atoms with Crippen LogP contribution in [0, 0.1) is 0 Å². The van der Waals surface area contributed by atoms with Gasteiger partial charge in [0, 0.05) is 24.0 Å². The molecule has 6 nitrogen and oxygen atoms in total. The third kappa shape index (κ3) is 10.9. The van der Waals surface area contributed by atoms with Crippen LogP contribution in [0.25, 0.3) is 0 Å². The Morgan fingerprint density at radius 3 is 1.76 bits per heavy atom. The number of hydrogen-bond donors (Lipinski definition) is 1. The molecule has 2 aromatic heterocycles. The van der Waals surface area contributed by atoms with Crippen LogP contribution in [0.1, 0.15) is 83.9 Å². The summed E-state index contributed by atoms with van der Waals surface area (Å²) in [5, 5.41) is 0. The Hall–Kier alpha value is -2.19. The highest BCUT2D eigenvalue weighted by Crippen LogP contribution is 2.29. The Morgan fingerprint density at radius 1 is 0.842 bits per heavy atom. The van der Waals surface area contributed by atoms with Gasteiger partial charge in [0.25, 0.3) is 0 Å². The molecule has 0 aliphatic rings. The van der Waals surface area contributed by atoms with Crippen molar-refractivity contribution >= 4 is 27.7 Å². The normalized spacial score (nSPS) is 15.8. The van der Waals surface area contributed by atoms with E-state index in [1.54, 1.807) is 48.5 Å². The van der Waals surface area contributed by atoms with E-state index < -0.39 is 61.2 Å². The van der Waals surface area contributed by atoms with E-state index in [1.807, 2.05) is 0 Å². The highest BCUT2D eigenvalue weighted by atomic mass is 32.2. The van der Waals surface area contributed by atoms with Gasteiger partial charge in [-0.15, -0.1) is 0 Å². The van der Waals surface area contributed by atoms with Gasteiger partial charge >= 0.3 is 12.4 Å². The number of nitrogens with zero attached hydrogens (tertiary/aromatic N) is 3. The van der Waals surface area contributed by atoms with E-state index in [0.717, 1.165) is 24.5 Å². The first kappa shape index (κ1) is 33.8. The lowest BCUT2D eigenvalue weighted by Crippen LogP contribution is -2.34. The van der Waals surface area contributed by atoms with E-state index in [4.69, 9.17) is 0 Å². The van der Waals surface area contributed by atoms with Crippen molar-refractivity contribution in [1.29, 1.82) is 0 Å². The molecule has 0 radical (unpaired) electrons. The molecule has 0 saturated carbocycles. The second kappa shape index (κ2) is 12.8. The van der Waals surface area contributed by atoms with E-state index in [-0.39, 0.29) is 5.56 Å². The molecule has 0 aromatic carbocycles. The number of alkyl halides is 6. The molecule has 0 aliphatic heterocycles. The van der Waals surface area contributed by atoms with Gasteiger partial charge in [0.2, 0.25) is 0 Å². The summed E-state index contributed by atoms with van der Waals surface area (Å²) in [5.41, 5.74) is -0.970. The van der Waals surface area contributed by atoms with Gasteiger partial charge in [0.15, 0.2) is 0 Å². The van der Waals surface area contributed by atoms with Crippen molar-refractivity contribution in [3.8, 4) is 0 Å². The maximum atomic E-state index is 12.5. The van der Waals surface area contributed by atoms with Crippen LogP contribution in [-0.2, 0) is 34.3 Å². The summed E-state index contributed by atoms with van der Waals surface area (Å²) in [6, 6.07) is 4.31. The predicted octanol–water partition coefficient (Wildman–Crippen LogP) is 6.58. The van der Waals surface area contributed by atoms with Crippen LogP contribution in [0.4, 0.5) is 26.3 Å². The van der Waals surface area contributed by atoms with Gasteiger partial charge in [0.1, 0.15) is 22.4 Å². The van der Waals surface area contributed by atoms with Gasteiger partial charge in [0.05, 0.1) is 26.2 Å². The number of pyridine rings is 2. The highest BCUT2D eigenvalue weighted by Gasteiger charge is 2.33. The van der Waals surface area contributed by atoms with Crippen molar-refractivity contribution in [2.75, 3.05) is 0 Å². The van der Waals surface area contributed by atoms with E-state index in [0.29, 0.717) is 11.3 Å². The van der Waals surface area contributed by atoms with Crippen molar-refractivity contribution in [2.24, 2.45) is 4.40 Å². The molecule has 14 heteroatoms. The molecule has 0 bridgehead atoms. The molecule has 0 amide bonds. The summed E-state index contributed by atoms with van der Waals surface area (Å²) < 4.78 is 105. The van der Waals surface area contributed by atoms with Crippen LogP contribution < -0.4 is 4.72 Å². The third-order valence-electron chi connectivity index (χ3n) is 4.63. The molecular formula is C24H32F6N4O2S2. The SMILES string of the molecule is CC(=N[S@](=O)C(C)(C)C)c1ccnc(C(F)(F)F)c1.CC(N[S@](=O)C(C)(C)C)c1ccnc(C(F)(F)F)c1. The standard InChI is InChI=1S/C12H17F3N2OS.C12H15F3N2OS/c2*1-8(17-19(18)11(2,3)4)9-5-6-16-10(7-9)12(13,14)15/h5-8,17H,1-4H3;5-7H,1-4H3/t8?,19-;19-/m11/s1. The van der Waals surface area contributed by atoms with Gasteiger partial charge < -0.3 is 0 Å². The van der Waals surface area contributed by atoms with Crippen molar-refractivity contribution < 1.29 is 34.8 Å².